The van der Waals surface area contributed by atoms with Crippen LogP contribution in [0.25, 0.3) is 0 Å². The van der Waals surface area contributed by atoms with Crippen LogP contribution in [-0.4, -0.2) is 28.3 Å². The molecule has 4 nitrogen and oxygen atoms in total. The third-order valence-corrected chi connectivity index (χ3v) is 4.97. The van der Waals surface area contributed by atoms with Crippen LogP contribution in [0.1, 0.15) is 43.3 Å². The predicted octanol–water partition coefficient (Wildman–Crippen LogP) is 4.96. The lowest BCUT2D eigenvalue weighted by Crippen LogP contribution is -2.25. The molecule has 136 valence electrons. The van der Waals surface area contributed by atoms with E-state index in [-0.39, 0.29) is 6.42 Å². The van der Waals surface area contributed by atoms with Crippen LogP contribution < -0.4 is 0 Å². The summed E-state index contributed by atoms with van der Waals surface area (Å²) in [5.74, 6) is 2.11. The molecule has 2 aromatic rings. The minimum absolute atomic E-state index is 0.130. The number of thioether (sulfide) groups is 1. The maximum absolute atomic E-state index is 11.0. The zero-order valence-corrected chi connectivity index (χ0v) is 15.8. The van der Waals surface area contributed by atoms with E-state index in [1.54, 1.807) is 0 Å². The second-order valence-electron chi connectivity index (χ2n) is 6.22. The summed E-state index contributed by atoms with van der Waals surface area (Å²) >= 11 is 1.88. The molecule has 0 unspecified atom stereocenters. The van der Waals surface area contributed by atoms with E-state index in [9.17, 15) is 4.79 Å². The van der Waals surface area contributed by atoms with E-state index in [0.29, 0.717) is 13.1 Å². The van der Waals surface area contributed by atoms with E-state index in [4.69, 9.17) is 9.52 Å². The van der Waals surface area contributed by atoms with Gasteiger partial charge in [-0.05, 0) is 48.9 Å². The first kappa shape index (κ1) is 19.6. The maximum Gasteiger partial charge on any atom is 0.304 e. The fraction of sp³-hybridized carbons (Fsp3) is 0.450. The second kappa shape index (κ2) is 10.3. The smallest absolute Gasteiger partial charge is 0.304 e. The van der Waals surface area contributed by atoms with Crippen LogP contribution in [0.4, 0.5) is 0 Å². The Hall–Kier alpha value is -1.72. The van der Waals surface area contributed by atoms with Gasteiger partial charge in [0.15, 0.2) is 0 Å². The van der Waals surface area contributed by atoms with E-state index in [1.807, 2.05) is 30.8 Å². The number of carboxylic acids is 1. The minimum atomic E-state index is -0.774. The summed E-state index contributed by atoms with van der Waals surface area (Å²) in [6.45, 7) is 5.96. The lowest BCUT2D eigenvalue weighted by atomic mass is 10.2. The summed E-state index contributed by atoms with van der Waals surface area (Å²) < 4.78 is 5.65. The van der Waals surface area contributed by atoms with Gasteiger partial charge < -0.3 is 9.52 Å². The molecular formula is C20H27NO3S. The Bertz CT molecular complexity index is 668. The third-order valence-electron chi connectivity index (χ3n) is 3.89. The summed E-state index contributed by atoms with van der Waals surface area (Å²) in [4.78, 5) is 14.4. The Labute approximate surface area is 154 Å². The highest BCUT2D eigenvalue weighted by Crippen LogP contribution is 2.22. The first-order valence-corrected chi connectivity index (χ1v) is 9.76. The van der Waals surface area contributed by atoms with Crippen molar-refractivity contribution in [3.8, 4) is 0 Å². The average Bonchev–Trinajstić information content (AvgIpc) is 2.98. The molecule has 0 bridgehead atoms. The summed E-state index contributed by atoms with van der Waals surface area (Å²) in [5.41, 5.74) is 1.20. The van der Waals surface area contributed by atoms with Crippen molar-refractivity contribution in [1.29, 1.82) is 0 Å². The lowest BCUT2D eigenvalue weighted by molar-refractivity contribution is -0.137. The quantitative estimate of drug-likeness (QED) is 0.453. The van der Waals surface area contributed by atoms with Crippen LogP contribution in [0.2, 0.25) is 0 Å². The van der Waals surface area contributed by atoms with Crippen molar-refractivity contribution in [2.45, 2.75) is 51.1 Å². The van der Waals surface area contributed by atoms with E-state index < -0.39 is 5.97 Å². The number of hydrogen-bond donors (Lipinski definition) is 1. The SMILES string of the molecule is CCCCSc1cccc(CN(CCC(=O)O)Cc2ccc(C)o2)c1. The second-order valence-corrected chi connectivity index (χ2v) is 7.38. The molecule has 25 heavy (non-hydrogen) atoms. The molecular weight excluding hydrogens is 334 g/mol. The number of rotatable bonds is 11. The highest BCUT2D eigenvalue weighted by Gasteiger charge is 2.12. The Morgan fingerprint density at radius 2 is 2.08 bits per heavy atom. The maximum atomic E-state index is 11.0. The predicted molar refractivity (Wildman–Crippen MR) is 102 cm³/mol. The van der Waals surface area contributed by atoms with E-state index in [0.717, 1.165) is 23.8 Å². The van der Waals surface area contributed by atoms with Crippen molar-refractivity contribution in [2.75, 3.05) is 12.3 Å². The first-order valence-electron chi connectivity index (χ1n) is 8.78. The molecule has 2 rings (SSSR count). The van der Waals surface area contributed by atoms with Gasteiger partial charge in [0.2, 0.25) is 0 Å². The Morgan fingerprint density at radius 1 is 1.24 bits per heavy atom. The van der Waals surface area contributed by atoms with Crippen molar-refractivity contribution >= 4 is 17.7 Å². The van der Waals surface area contributed by atoms with Crippen LogP contribution >= 0.6 is 11.8 Å². The molecule has 0 fully saturated rings. The van der Waals surface area contributed by atoms with Gasteiger partial charge in [-0.25, -0.2) is 0 Å². The number of carbonyl (C=O) groups is 1. The van der Waals surface area contributed by atoms with Crippen LogP contribution in [0.15, 0.2) is 45.7 Å². The average molecular weight is 362 g/mol. The molecule has 1 aromatic carbocycles. The van der Waals surface area contributed by atoms with Gasteiger partial charge in [0.05, 0.1) is 13.0 Å². The summed E-state index contributed by atoms with van der Waals surface area (Å²) in [6.07, 6.45) is 2.56. The van der Waals surface area contributed by atoms with Gasteiger partial charge in [-0.3, -0.25) is 9.69 Å². The van der Waals surface area contributed by atoms with Gasteiger partial charge in [-0.1, -0.05) is 25.5 Å². The molecule has 0 amide bonds. The highest BCUT2D eigenvalue weighted by atomic mass is 32.2. The minimum Gasteiger partial charge on any atom is -0.481 e. The Morgan fingerprint density at radius 3 is 2.76 bits per heavy atom. The number of benzene rings is 1. The molecule has 5 heteroatoms. The zero-order valence-electron chi connectivity index (χ0n) is 15.0. The van der Waals surface area contributed by atoms with Gasteiger partial charge in [-0.15, -0.1) is 11.8 Å². The molecule has 0 aliphatic carbocycles. The molecule has 0 saturated heterocycles. The first-order chi connectivity index (χ1) is 12.1. The third kappa shape index (κ3) is 7.36. The number of aliphatic carboxylic acids is 1. The molecule has 0 aliphatic heterocycles. The zero-order chi connectivity index (χ0) is 18.1. The fourth-order valence-corrected chi connectivity index (χ4v) is 3.66. The molecule has 0 atom stereocenters. The largest absolute Gasteiger partial charge is 0.481 e. The van der Waals surface area contributed by atoms with Crippen molar-refractivity contribution in [1.82, 2.24) is 4.90 Å². The monoisotopic (exact) mass is 361 g/mol. The summed E-state index contributed by atoms with van der Waals surface area (Å²) in [7, 11) is 0. The summed E-state index contributed by atoms with van der Waals surface area (Å²) in [5, 5.41) is 9.01. The van der Waals surface area contributed by atoms with E-state index >= 15 is 0 Å². The van der Waals surface area contributed by atoms with Gasteiger partial charge in [0.25, 0.3) is 0 Å². The molecule has 0 spiro atoms. The molecule has 1 heterocycles. The van der Waals surface area contributed by atoms with E-state index in [1.165, 1.54) is 23.3 Å². The molecule has 0 aliphatic rings. The fourth-order valence-electron chi connectivity index (χ4n) is 2.58. The van der Waals surface area contributed by atoms with Crippen molar-refractivity contribution < 1.29 is 14.3 Å². The van der Waals surface area contributed by atoms with Crippen LogP contribution in [0, 0.1) is 6.92 Å². The van der Waals surface area contributed by atoms with Crippen LogP contribution in [0.5, 0.6) is 0 Å². The van der Waals surface area contributed by atoms with Crippen molar-refractivity contribution in [3.63, 3.8) is 0 Å². The number of furan rings is 1. The molecule has 0 saturated carbocycles. The molecule has 1 aromatic heterocycles. The highest BCUT2D eigenvalue weighted by molar-refractivity contribution is 7.99. The van der Waals surface area contributed by atoms with Crippen LogP contribution in [-0.2, 0) is 17.9 Å². The normalized spacial score (nSPS) is 11.2. The number of carboxylic acid groups (broad SMARTS) is 1. The number of nitrogens with zero attached hydrogens (tertiary/aromatic N) is 1. The molecule has 0 radical (unpaired) electrons. The van der Waals surface area contributed by atoms with Gasteiger partial charge >= 0.3 is 5.97 Å². The Balaban J connectivity index is 2.01. The van der Waals surface area contributed by atoms with Gasteiger partial charge in [0, 0.05) is 18.0 Å². The van der Waals surface area contributed by atoms with Crippen LogP contribution in [0.3, 0.4) is 0 Å². The topological polar surface area (TPSA) is 53.7 Å². The summed E-state index contributed by atoms with van der Waals surface area (Å²) in [6, 6.07) is 12.4. The van der Waals surface area contributed by atoms with Crippen molar-refractivity contribution in [2.24, 2.45) is 0 Å². The number of hydrogen-bond acceptors (Lipinski definition) is 4. The van der Waals surface area contributed by atoms with Gasteiger partial charge in [0.1, 0.15) is 11.5 Å². The standard InChI is InChI=1S/C20H27NO3S/c1-3-4-12-25-19-7-5-6-17(13-19)14-21(11-10-20(22)23)15-18-9-8-16(2)24-18/h5-9,13H,3-4,10-12,14-15H2,1-2H3,(H,22,23). The number of unbranched alkanes of at least 4 members (excludes halogenated alkanes) is 1. The lowest BCUT2D eigenvalue weighted by Gasteiger charge is -2.21. The van der Waals surface area contributed by atoms with Gasteiger partial charge in [-0.2, -0.15) is 0 Å². The molecule has 1 N–H and O–H groups in total. The van der Waals surface area contributed by atoms with E-state index in [2.05, 4.69) is 36.1 Å². The number of aryl methyl sites for hydroxylation is 1. The van der Waals surface area contributed by atoms with Crippen molar-refractivity contribution in [3.05, 3.63) is 53.5 Å². The Kier molecular flexibility index (Phi) is 8.09.